The first kappa shape index (κ1) is 13.8. The van der Waals surface area contributed by atoms with Gasteiger partial charge in [0.1, 0.15) is 0 Å². The number of hydrogen-bond acceptors (Lipinski definition) is 3. The highest BCUT2D eigenvalue weighted by molar-refractivity contribution is 5.77. The highest BCUT2D eigenvalue weighted by Crippen LogP contribution is 2.27. The lowest BCUT2D eigenvalue weighted by molar-refractivity contribution is -0.158. The van der Waals surface area contributed by atoms with Gasteiger partial charge in [0.25, 0.3) is 0 Å². The van der Waals surface area contributed by atoms with E-state index in [1.165, 1.54) is 5.56 Å². The SMILES string of the molecule is O=C(OCCc1ccccc1)C1OCCc2ccccc21. The number of hydrogen-bond donors (Lipinski definition) is 0. The summed E-state index contributed by atoms with van der Waals surface area (Å²) in [4.78, 5) is 12.2. The molecule has 0 saturated carbocycles. The lowest BCUT2D eigenvalue weighted by Crippen LogP contribution is -2.25. The Morgan fingerprint density at radius 2 is 1.86 bits per heavy atom. The molecule has 0 N–H and O–H groups in total. The van der Waals surface area contributed by atoms with E-state index >= 15 is 0 Å². The van der Waals surface area contributed by atoms with Gasteiger partial charge < -0.3 is 9.47 Å². The number of carbonyl (C=O) groups excluding carboxylic acids is 1. The first-order chi connectivity index (χ1) is 10.3. The predicted octanol–water partition coefficient (Wildman–Crippen LogP) is 3.09. The van der Waals surface area contributed by atoms with E-state index in [4.69, 9.17) is 9.47 Å². The minimum atomic E-state index is -0.578. The first-order valence-corrected chi connectivity index (χ1v) is 7.24. The van der Waals surface area contributed by atoms with Crippen LogP contribution in [0.5, 0.6) is 0 Å². The van der Waals surface area contributed by atoms with Crippen LogP contribution < -0.4 is 0 Å². The standard InChI is InChI=1S/C18H18O3/c19-18(21-12-10-14-6-2-1-3-7-14)17-16-9-5-4-8-15(16)11-13-20-17/h1-9,17H,10-13H2. The van der Waals surface area contributed by atoms with Crippen molar-refractivity contribution in [2.45, 2.75) is 18.9 Å². The van der Waals surface area contributed by atoms with Gasteiger partial charge in [-0.2, -0.15) is 0 Å². The second kappa shape index (κ2) is 6.55. The molecule has 1 aliphatic rings. The summed E-state index contributed by atoms with van der Waals surface area (Å²) in [5, 5.41) is 0. The van der Waals surface area contributed by atoms with Crippen molar-refractivity contribution < 1.29 is 14.3 Å². The molecule has 0 fully saturated rings. The maximum atomic E-state index is 12.2. The van der Waals surface area contributed by atoms with E-state index < -0.39 is 6.10 Å². The normalized spacial score (nSPS) is 17.0. The Morgan fingerprint density at radius 3 is 2.71 bits per heavy atom. The van der Waals surface area contributed by atoms with Crippen LogP contribution in [0.4, 0.5) is 0 Å². The zero-order valence-corrected chi connectivity index (χ0v) is 11.8. The van der Waals surface area contributed by atoms with Crippen LogP contribution in [-0.2, 0) is 27.1 Å². The maximum absolute atomic E-state index is 12.2. The third-order valence-electron chi connectivity index (χ3n) is 3.69. The first-order valence-electron chi connectivity index (χ1n) is 7.24. The number of esters is 1. The van der Waals surface area contributed by atoms with Crippen molar-refractivity contribution in [1.82, 2.24) is 0 Å². The highest BCUT2D eigenvalue weighted by atomic mass is 16.6. The van der Waals surface area contributed by atoms with E-state index in [1.54, 1.807) is 0 Å². The summed E-state index contributed by atoms with van der Waals surface area (Å²) in [6.45, 7) is 0.945. The summed E-state index contributed by atoms with van der Waals surface area (Å²) in [5.41, 5.74) is 3.28. The molecular formula is C18H18O3. The average Bonchev–Trinajstić information content (AvgIpc) is 2.55. The lowest BCUT2D eigenvalue weighted by atomic mass is 9.98. The van der Waals surface area contributed by atoms with Crippen LogP contribution in [0, 0.1) is 0 Å². The molecule has 108 valence electrons. The van der Waals surface area contributed by atoms with Gasteiger partial charge in [-0.1, -0.05) is 54.6 Å². The van der Waals surface area contributed by atoms with Crippen molar-refractivity contribution in [2.24, 2.45) is 0 Å². The van der Waals surface area contributed by atoms with Crippen molar-refractivity contribution in [3.63, 3.8) is 0 Å². The predicted molar refractivity (Wildman–Crippen MR) is 79.9 cm³/mol. The van der Waals surface area contributed by atoms with Crippen LogP contribution in [-0.4, -0.2) is 19.2 Å². The summed E-state index contributed by atoms with van der Waals surface area (Å²) in [7, 11) is 0. The summed E-state index contributed by atoms with van der Waals surface area (Å²) < 4.78 is 11.0. The Morgan fingerprint density at radius 1 is 1.10 bits per heavy atom. The van der Waals surface area contributed by atoms with Gasteiger partial charge in [-0.05, 0) is 23.1 Å². The smallest absolute Gasteiger partial charge is 0.339 e. The molecule has 2 aromatic rings. The van der Waals surface area contributed by atoms with Gasteiger partial charge in [0.15, 0.2) is 6.10 Å². The maximum Gasteiger partial charge on any atom is 0.339 e. The molecule has 3 nitrogen and oxygen atoms in total. The van der Waals surface area contributed by atoms with Crippen molar-refractivity contribution in [3.05, 3.63) is 71.3 Å². The quantitative estimate of drug-likeness (QED) is 0.808. The van der Waals surface area contributed by atoms with Gasteiger partial charge in [0.2, 0.25) is 0 Å². The topological polar surface area (TPSA) is 35.5 Å². The molecule has 2 aromatic carbocycles. The molecule has 0 radical (unpaired) electrons. The molecule has 0 aromatic heterocycles. The second-order valence-electron chi connectivity index (χ2n) is 5.10. The van der Waals surface area contributed by atoms with E-state index in [-0.39, 0.29) is 5.97 Å². The third kappa shape index (κ3) is 3.31. The van der Waals surface area contributed by atoms with Gasteiger partial charge in [-0.25, -0.2) is 4.79 Å². The summed E-state index contributed by atoms with van der Waals surface area (Å²) >= 11 is 0. The number of benzene rings is 2. The van der Waals surface area contributed by atoms with Gasteiger partial charge in [-0.3, -0.25) is 0 Å². The summed E-state index contributed by atoms with van der Waals surface area (Å²) in [6.07, 6.45) is 0.996. The second-order valence-corrected chi connectivity index (χ2v) is 5.10. The Kier molecular flexibility index (Phi) is 4.31. The molecule has 0 bridgehead atoms. The van der Waals surface area contributed by atoms with E-state index in [0.717, 1.165) is 24.0 Å². The van der Waals surface area contributed by atoms with E-state index in [0.29, 0.717) is 13.2 Å². The summed E-state index contributed by atoms with van der Waals surface area (Å²) in [6, 6.07) is 17.9. The van der Waals surface area contributed by atoms with Crippen LogP contribution in [0.25, 0.3) is 0 Å². The fraction of sp³-hybridized carbons (Fsp3) is 0.278. The van der Waals surface area contributed by atoms with Crippen LogP contribution in [0.15, 0.2) is 54.6 Å². The Bertz CT molecular complexity index is 607. The highest BCUT2D eigenvalue weighted by Gasteiger charge is 2.28. The van der Waals surface area contributed by atoms with Crippen molar-refractivity contribution in [3.8, 4) is 0 Å². The van der Waals surface area contributed by atoms with Crippen molar-refractivity contribution in [2.75, 3.05) is 13.2 Å². The molecule has 1 aliphatic heterocycles. The molecule has 0 spiro atoms. The van der Waals surface area contributed by atoms with Gasteiger partial charge in [0, 0.05) is 6.42 Å². The molecule has 3 heteroatoms. The van der Waals surface area contributed by atoms with Gasteiger partial charge in [0.05, 0.1) is 13.2 Å². The van der Waals surface area contributed by atoms with Gasteiger partial charge >= 0.3 is 5.97 Å². The average molecular weight is 282 g/mol. The molecule has 3 rings (SSSR count). The zero-order valence-electron chi connectivity index (χ0n) is 11.8. The molecule has 0 saturated heterocycles. The minimum absolute atomic E-state index is 0.293. The molecule has 1 unspecified atom stereocenters. The Labute approximate surface area is 124 Å². The monoisotopic (exact) mass is 282 g/mol. The third-order valence-corrected chi connectivity index (χ3v) is 3.69. The van der Waals surface area contributed by atoms with Crippen LogP contribution in [0.3, 0.4) is 0 Å². The van der Waals surface area contributed by atoms with E-state index in [9.17, 15) is 4.79 Å². The van der Waals surface area contributed by atoms with Crippen LogP contribution in [0.2, 0.25) is 0 Å². The van der Waals surface area contributed by atoms with Crippen molar-refractivity contribution >= 4 is 5.97 Å². The lowest BCUT2D eigenvalue weighted by Gasteiger charge is -2.24. The molecule has 1 atom stereocenters. The molecule has 21 heavy (non-hydrogen) atoms. The van der Waals surface area contributed by atoms with E-state index in [2.05, 4.69) is 0 Å². The number of carbonyl (C=O) groups is 1. The number of ether oxygens (including phenoxy) is 2. The van der Waals surface area contributed by atoms with Crippen LogP contribution in [0.1, 0.15) is 22.8 Å². The Hall–Kier alpha value is -2.13. The summed E-state index contributed by atoms with van der Waals surface area (Å²) in [5.74, 6) is -0.293. The molecular weight excluding hydrogens is 264 g/mol. The fourth-order valence-electron chi connectivity index (χ4n) is 2.58. The van der Waals surface area contributed by atoms with Crippen LogP contribution >= 0.6 is 0 Å². The molecule has 0 amide bonds. The zero-order chi connectivity index (χ0) is 14.5. The van der Waals surface area contributed by atoms with E-state index in [1.807, 2.05) is 54.6 Å². The Balaban J connectivity index is 1.59. The largest absolute Gasteiger partial charge is 0.463 e. The molecule has 1 heterocycles. The number of rotatable bonds is 4. The fourth-order valence-corrected chi connectivity index (χ4v) is 2.58. The van der Waals surface area contributed by atoms with Gasteiger partial charge in [-0.15, -0.1) is 0 Å². The van der Waals surface area contributed by atoms with Crippen molar-refractivity contribution in [1.29, 1.82) is 0 Å². The molecule has 0 aliphatic carbocycles. The minimum Gasteiger partial charge on any atom is -0.463 e. The number of fused-ring (bicyclic) bond motifs is 1.